The summed E-state index contributed by atoms with van der Waals surface area (Å²) in [5, 5.41) is 11.8. The lowest BCUT2D eigenvalue weighted by molar-refractivity contribution is -0.147. The Balaban J connectivity index is 2.34. The summed E-state index contributed by atoms with van der Waals surface area (Å²) in [4.78, 5) is 22.7. The van der Waals surface area contributed by atoms with Crippen LogP contribution in [0.3, 0.4) is 0 Å². The highest BCUT2D eigenvalue weighted by atomic mass is 79.9. The number of amides is 1. The number of aryl methyl sites for hydroxylation is 2. The van der Waals surface area contributed by atoms with Crippen molar-refractivity contribution in [3.05, 3.63) is 33.8 Å². The minimum Gasteiger partial charge on any atom is -0.481 e. The molecular weight excluding hydrogens is 334 g/mol. The molecule has 0 heterocycles. The lowest BCUT2D eigenvalue weighted by atomic mass is 9.90. The predicted molar refractivity (Wildman–Crippen MR) is 86.2 cm³/mol. The van der Waals surface area contributed by atoms with E-state index in [0.717, 1.165) is 15.6 Å². The maximum absolute atomic E-state index is 11.8. The molecule has 1 rings (SSSR count). The SMILES string of the molecule is Cc1cc(CCC(=O)NCCC(C)(C)C(=O)O)ccc1Br. The predicted octanol–water partition coefficient (Wildman–Crippen LogP) is 3.31. The third-order valence-corrected chi connectivity index (χ3v) is 4.40. The maximum Gasteiger partial charge on any atom is 0.309 e. The number of halogens is 1. The number of carbonyl (C=O) groups is 2. The van der Waals surface area contributed by atoms with Gasteiger partial charge < -0.3 is 10.4 Å². The quantitative estimate of drug-likeness (QED) is 0.788. The summed E-state index contributed by atoms with van der Waals surface area (Å²) in [5.41, 5.74) is 1.46. The van der Waals surface area contributed by atoms with Gasteiger partial charge >= 0.3 is 5.97 Å². The minimum atomic E-state index is -0.845. The van der Waals surface area contributed by atoms with Crippen molar-refractivity contribution in [3.63, 3.8) is 0 Å². The molecule has 0 fully saturated rings. The number of hydrogen-bond acceptors (Lipinski definition) is 2. The fourth-order valence-electron chi connectivity index (χ4n) is 1.83. The molecule has 0 atom stereocenters. The van der Waals surface area contributed by atoms with Gasteiger partial charge in [-0.25, -0.2) is 0 Å². The summed E-state index contributed by atoms with van der Waals surface area (Å²) >= 11 is 3.45. The van der Waals surface area contributed by atoms with Gasteiger partial charge in [0.05, 0.1) is 5.41 Å². The fraction of sp³-hybridized carbons (Fsp3) is 0.500. The van der Waals surface area contributed by atoms with E-state index in [1.807, 2.05) is 19.1 Å². The highest BCUT2D eigenvalue weighted by Gasteiger charge is 2.26. The summed E-state index contributed by atoms with van der Waals surface area (Å²) in [6.45, 7) is 5.72. The van der Waals surface area contributed by atoms with Crippen LogP contribution < -0.4 is 5.32 Å². The lowest BCUT2D eigenvalue weighted by Gasteiger charge is -2.18. The van der Waals surface area contributed by atoms with Crippen LogP contribution in [0.4, 0.5) is 0 Å². The number of benzene rings is 1. The van der Waals surface area contributed by atoms with Crippen LogP contribution in [0.15, 0.2) is 22.7 Å². The van der Waals surface area contributed by atoms with E-state index < -0.39 is 11.4 Å². The highest BCUT2D eigenvalue weighted by Crippen LogP contribution is 2.19. The van der Waals surface area contributed by atoms with E-state index in [0.29, 0.717) is 25.8 Å². The van der Waals surface area contributed by atoms with Crippen LogP contribution in [0.1, 0.15) is 37.8 Å². The molecule has 0 unspecified atom stereocenters. The van der Waals surface area contributed by atoms with Crippen LogP contribution in [-0.4, -0.2) is 23.5 Å². The molecule has 116 valence electrons. The molecule has 1 amide bonds. The number of hydrogen-bond donors (Lipinski definition) is 2. The largest absolute Gasteiger partial charge is 0.481 e. The van der Waals surface area contributed by atoms with Crippen molar-refractivity contribution in [3.8, 4) is 0 Å². The first-order valence-electron chi connectivity index (χ1n) is 6.97. The molecule has 4 nitrogen and oxygen atoms in total. The Morgan fingerprint density at radius 2 is 2.00 bits per heavy atom. The average Bonchev–Trinajstić information content (AvgIpc) is 2.39. The first-order chi connectivity index (χ1) is 9.72. The van der Waals surface area contributed by atoms with Gasteiger partial charge in [-0.15, -0.1) is 0 Å². The number of aliphatic carboxylic acids is 1. The summed E-state index contributed by atoms with van der Waals surface area (Å²) < 4.78 is 1.06. The van der Waals surface area contributed by atoms with Crippen molar-refractivity contribution in [1.29, 1.82) is 0 Å². The Labute approximate surface area is 134 Å². The van der Waals surface area contributed by atoms with Crippen molar-refractivity contribution in [2.75, 3.05) is 6.54 Å². The zero-order chi connectivity index (χ0) is 16.0. The average molecular weight is 356 g/mol. The molecule has 5 heteroatoms. The van der Waals surface area contributed by atoms with Crippen LogP contribution in [0.2, 0.25) is 0 Å². The molecule has 0 aliphatic rings. The van der Waals surface area contributed by atoms with Gasteiger partial charge in [0, 0.05) is 17.4 Å². The van der Waals surface area contributed by atoms with Crippen molar-refractivity contribution < 1.29 is 14.7 Å². The second-order valence-electron chi connectivity index (χ2n) is 5.87. The molecule has 0 bridgehead atoms. The Bertz CT molecular complexity index is 526. The molecular formula is C16H22BrNO3. The third kappa shape index (κ3) is 5.87. The molecule has 0 radical (unpaired) electrons. The van der Waals surface area contributed by atoms with E-state index in [4.69, 9.17) is 5.11 Å². The molecule has 2 N–H and O–H groups in total. The Kier molecular flexibility index (Phi) is 6.40. The number of nitrogens with one attached hydrogen (secondary N) is 1. The maximum atomic E-state index is 11.8. The van der Waals surface area contributed by atoms with Crippen molar-refractivity contribution in [2.45, 2.75) is 40.0 Å². The van der Waals surface area contributed by atoms with E-state index in [1.54, 1.807) is 13.8 Å². The fourth-order valence-corrected chi connectivity index (χ4v) is 2.08. The number of carboxylic acid groups (broad SMARTS) is 1. The standard InChI is InChI=1S/C16H22BrNO3/c1-11-10-12(4-6-13(11)17)5-7-14(19)18-9-8-16(2,3)15(20)21/h4,6,10H,5,7-9H2,1-3H3,(H,18,19)(H,20,21). The zero-order valence-corrected chi connectivity index (χ0v) is 14.3. The molecule has 0 aromatic heterocycles. The number of carboxylic acids is 1. The smallest absolute Gasteiger partial charge is 0.309 e. The van der Waals surface area contributed by atoms with Gasteiger partial charge in [-0.3, -0.25) is 9.59 Å². The van der Waals surface area contributed by atoms with Crippen LogP contribution in [0.5, 0.6) is 0 Å². The molecule has 21 heavy (non-hydrogen) atoms. The van der Waals surface area contributed by atoms with E-state index >= 15 is 0 Å². The van der Waals surface area contributed by atoms with Gasteiger partial charge in [0.2, 0.25) is 5.91 Å². The molecule has 0 aliphatic carbocycles. The Morgan fingerprint density at radius 3 is 2.57 bits per heavy atom. The first kappa shape index (κ1) is 17.7. The first-order valence-corrected chi connectivity index (χ1v) is 7.77. The molecule has 0 saturated heterocycles. The van der Waals surface area contributed by atoms with Gasteiger partial charge in [-0.2, -0.15) is 0 Å². The van der Waals surface area contributed by atoms with Crippen molar-refractivity contribution in [1.82, 2.24) is 5.32 Å². The van der Waals surface area contributed by atoms with E-state index in [-0.39, 0.29) is 5.91 Å². The molecule has 0 aliphatic heterocycles. The lowest BCUT2D eigenvalue weighted by Crippen LogP contribution is -2.32. The normalized spacial score (nSPS) is 11.2. The van der Waals surface area contributed by atoms with Gasteiger partial charge in [0.15, 0.2) is 0 Å². The van der Waals surface area contributed by atoms with Crippen LogP contribution in [0, 0.1) is 12.3 Å². The van der Waals surface area contributed by atoms with E-state index in [1.165, 1.54) is 0 Å². The summed E-state index contributed by atoms with van der Waals surface area (Å²) in [7, 11) is 0. The van der Waals surface area contributed by atoms with Crippen molar-refractivity contribution in [2.24, 2.45) is 5.41 Å². The monoisotopic (exact) mass is 355 g/mol. The Morgan fingerprint density at radius 1 is 1.33 bits per heavy atom. The number of carbonyl (C=O) groups excluding carboxylic acids is 1. The minimum absolute atomic E-state index is 0.0447. The van der Waals surface area contributed by atoms with Crippen LogP contribution in [-0.2, 0) is 16.0 Å². The summed E-state index contributed by atoms with van der Waals surface area (Å²) in [6.07, 6.45) is 1.52. The van der Waals surface area contributed by atoms with Gasteiger partial charge in [-0.05, 0) is 50.8 Å². The molecule has 1 aromatic rings. The van der Waals surface area contributed by atoms with Gasteiger partial charge in [0.25, 0.3) is 0 Å². The van der Waals surface area contributed by atoms with Gasteiger partial charge in [0.1, 0.15) is 0 Å². The summed E-state index contributed by atoms with van der Waals surface area (Å²) in [6, 6.07) is 6.04. The second-order valence-corrected chi connectivity index (χ2v) is 6.73. The second kappa shape index (κ2) is 7.59. The van der Waals surface area contributed by atoms with Crippen LogP contribution >= 0.6 is 15.9 Å². The molecule has 0 spiro atoms. The number of rotatable bonds is 7. The van der Waals surface area contributed by atoms with E-state index in [2.05, 4.69) is 27.3 Å². The topological polar surface area (TPSA) is 66.4 Å². The molecule has 1 aromatic carbocycles. The highest BCUT2D eigenvalue weighted by molar-refractivity contribution is 9.10. The summed E-state index contributed by atoms with van der Waals surface area (Å²) in [5.74, 6) is -0.890. The van der Waals surface area contributed by atoms with E-state index in [9.17, 15) is 9.59 Å². The Hall–Kier alpha value is -1.36. The third-order valence-electron chi connectivity index (χ3n) is 3.51. The van der Waals surface area contributed by atoms with Gasteiger partial charge in [-0.1, -0.05) is 28.1 Å². The molecule has 0 saturated carbocycles. The van der Waals surface area contributed by atoms with Crippen molar-refractivity contribution >= 4 is 27.8 Å². The van der Waals surface area contributed by atoms with Crippen LogP contribution in [0.25, 0.3) is 0 Å². The zero-order valence-electron chi connectivity index (χ0n) is 12.7.